The first-order valence-electron chi connectivity index (χ1n) is 21.3. The van der Waals surface area contributed by atoms with E-state index in [0.29, 0.717) is 5.57 Å². The van der Waals surface area contributed by atoms with Crippen LogP contribution in [0.4, 0.5) is 4.79 Å². The molecule has 0 spiro atoms. The van der Waals surface area contributed by atoms with Crippen molar-refractivity contribution in [2.24, 2.45) is 22.7 Å². The molecule has 15 nitrogen and oxygen atoms in total. The van der Waals surface area contributed by atoms with Crippen molar-refractivity contribution in [3.8, 4) is 0 Å². The average Bonchev–Trinajstić information content (AvgIpc) is 3.40. The van der Waals surface area contributed by atoms with E-state index in [4.69, 9.17) is 33.2 Å². The summed E-state index contributed by atoms with van der Waals surface area (Å²) < 4.78 is 44.3. The number of ether oxygens (including phenoxy) is 7. The summed E-state index contributed by atoms with van der Waals surface area (Å²) in [5, 5.41) is 40.0. The number of aliphatic hydroxyl groups excluding tert-OH is 2. The summed E-state index contributed by atoms with van der Waals surface area (Å²) in [5.74, 6) is -3.55. The third kappa shape index (κ3) is 8.38. The van der Waals surface area contributed by atoms with Crippen molar-refractivity contribution in [1.82, 2.24) is 5.32 Å². The van der Waals surface area contributed by atoms with Gasteiger partial charge in [0.05, 0.1) is 47.4 Å². The van der Waals surface area contributed by atoms with Crippen LogP contribution >= 0.6 is 0 Å². The number of aliphatic hydroxyl groups is 3. The van der Waals surface area contributed by atoms with Gasteiger partial charge >= 0.3 is 24.0 Å². The first-order valence-corrected chi connectivity index (χ1v) is 21.3. The molecule has 2 aliphatic heterocycles. The standard InChI is InChI=1S/C46H65NO14/c1-23(2)18-28(47-41(53)61-42(7,8)9)34(49)40(52)56-29-21-45(43(10,11)54)33(25(29)5)35(50)37-44(12)30(57-32(58-37)19-24(3)4)20-31-46(22-55-31,60-26(6)48)36(44)38(45)59-39(51)27-16-14-13-15-17-27/h13-17,19,23,28-32,34-38,49-50,54H,18,20-22H2,1-12H3,(H,47,53)/t28-,29-,30-,31+,32-,34+,35-,36-,37-,38-,44+,45-,46-/m0/s1. The van der Waals surface area contributed by atoms with E-state index in [-0.39, 0.29) is 42.9 Å². The molecule has 5 aliphatic rings. The maximum atomic E-state index is 14.5. The van der Waals surface area contributed by atoms with E-state index in [0.717, 1.165) is 5.57 Å². The van der Waals surface area contributed by atoms with Gasteiger partial charge in [-0.1, -0.05) is 44.5 Å². The summed E-state index contributed by atoms with van der Waals surface area (Å²) in [6, 6.07) is 7.21. The lowest BCUT2D eigenvalue weighted by molar-refractivity contribution is -0.392. The van der Waals surface area contributed by atoms with Crippen LogP contribution in [-0.4, -0.2) is 118 Å². The number of allylic oxidation sites excluding steroid dienone is 1. The van der Waals surface area contributed by atoms with Crippen molar-refractivity contribution in [3.63, 3.8) is 0 Å². The van der Waals surface area contributed by atoms with Crippen molar-refractivity contribution in [2.75, 3.05) is 6.61 Å². The van der Waals surface area contributed by atoms with Crippen LogP contribution in [0.2, 0.25) is 0 Å². The summed E-state index contributed by atoms with van der Waals surface area (Å²) in [5.41, 5.74) is -5.54. The van der Waals surface area contributed by atoms with Gasteiger partial charge in [0.25, 0.3) is 0 Å². The van der Waals surface area contributed by atoms with Crippen LogP contribution in [0, 0.1) is 22.7 Å². The summed E-state index contributed by atoms with van der Waals surface area (Å²) >= 11 is 0. The smallest absolute Gasteiger partial charge is 0.407 e. The van der Waals surface area contributed by atoms with Gasteiger partial charge in [0.1, 0.15) is 30.0 Å². The Morgan fingerprint density at radius 2 is 1.66 bits per heavy atom. The molecule has 13 atom stereocenters. The molecule has 4 fully saturated rings. The number of benzene rings is 1. The van der Waals surface area contributed by atoms with E-state index in [9.17, 15) is 34.5 Å². The second-order valence-corrected chi connectivity index (χ2v) is 19.9. The fourth-order valence-electron chi connectivity index (χ4n) is 10.8. The molecular weight excluding hydrogens is 790 g/mol. The van der Waals surface area contributed by atoms with E-state index in [2.05, 4.69) is 5.32 Å². The van der Waals surface area contributed by atoms with Crippen molar-refractivity contribution >= 4 is 24.0 Å². The predicted molar refractivity (Wildman–Crippen MR) is 220 cm³/mol. The molecule has 1 amide bonds. The third-order valence-corrected chi connectivity index (χ3v) is 13.3. The van der Waals surface area contributed by atoms with Crippen LogP contribution in [0.15, 0.2) is 53.1 Å². The maximum absolute atomic E-state index is 14.5. The van der Waals surface area contributed by atoms with E-state index >= 15 is 0 Å². The van der Waals surface area contributed by atoms with Gasteiger partial charge in [-0.05, 0) is 97.1 Å². The van der Waals surface area contributed by atoms with Crippen molar-refractivity contribution in [1.29, 1.82) is 0 Å². The molecule has 1 aromatic carbocycles. The highest BCUT2D eigenvalue weighted by molar-refractivity contribution is 5.89. The summed E-state index contributed by atoms with van der Waals surface area (Å²) in [6.07, 6.45) is -8.28. The van der Waals surface area contributed by atoms with Crippen LogP contribution in [0.5, 0.6) is 0 Å². The number of nitrogens with one attached hydrogen (secondary N) is 1. The lowest BCUT2D eigenvalue weighted by Gasteiger charge is -2.67. The van der Waals surface area contributed by atoms with Crippen molar-refractivity contribution in [2.45, 2.75) is 174 Å². The van der Waals surface area contributed by atoms with E-state index in [1.165, 1.54) is 20.8 Å². The molecule has 1 aromatic rings. The molecule has 4 N–H and O–H groups in total. The number of esters is 3. The minimum Gasteiger partial charge on any atom is -0.457 e. The fourth-order valence-corrected chi connectivity index (χ4v) is 10.8. The minimum atomic E-state index is -1.86. The van der Waals surface area contributed by atoms with Gasteiger partial charge in [-0.2, -0.15) is 0 Å². The molecule has 0 bridgehead atoms. The predicted octanol–water partition coefficient (Wildman–Crippen LogP) is 5.08. The molecule has 2 saturated heterocycles. The molecular formula is C46H65NO14. The zero-order valence-corrected chi connectivity index (χ0v) is 37.5. The van der Waals surface area contributed by atoms with Gasteiger partial charge in [0.2, 0.25) is 0 Å². The minimum absolute atomic E-state index is 0.0647. The Bertz CT molecular complexity index is 1910. The van der Waals surface area contributed by atoms with Crippen LogP contribution < -0.4 is 5.32 Å². The lowest BCUT2D eigenvalue weighted by atomic mass is 9.49. The second-order valence-electron chi connectivity index (χ2n) is 19.9. The van der Waals surface area contributed by atoms with Gasteiger partial charge in [0.15, 0.2) is 18.0 Å². The number of carbonyl (C=O) groups excluding carboxylic acids is 4. The highest BCUT2D eigenvalue weighted by Gasteiger charge is 2.80. The molecule has 15 heteroatoms. The SMILES string of the molecule is CC(=O)O[C@@]12CO[C@@H]1C[C@@H]1O[C@H](C=C(C)C)O[C@H]3[C@@H](O)C4=C(C)[C@@H](OC(=O)[C@H](O)[C@H](CC(C)C)NC(=O)OC(C)(C)C)C[C@@]4(C(C)(C)O)[C@@H](OC(=O)c4ccccc4)[C@H]2[C@@]13C. The number of carbonyl (C=O) groups is 4. The Balaban J connectivity index is 1.53. The first kappa shape index (κ1) is 46.6. The number of fused-ring (bicyclic) bond motifs is 3. The van der Waals surface area contributed by atoms with Crippen molar-refractivity contribution < 1.29 is 67.7 Å². The monoisotopic (exact) mass is 855 g/mol. The van der Waals surface area contributed by atoms with Crippen LogP contribution in [0.1, 0.15) is 113 Å². The van der Waals surface area contributed by atoms with Crippen molar-refractivity contribution in [3.05, 3.63) is 58.7 Å². The summed E-state index contributed by atoms with van der Waals surface area (Å²) in [7, 11) is 0. The topological polar surface area (TPSA) is 206 Å². The normalized spacial score (nSPS) is 35.2. The van der Waals surface area contributed by atoms with Gasteiger partial charge in [-0.15, -0.1) is 0 Å². The zero-order valence-electron chi connectivity index (χ0n) is 37.5. The zero-order chi connectivity index (χ0) is 45.2. The van der Waals surface area contributed by atoms with Crippen LogP contribution in [0.25, 0.3) is 0 Å². The number of hydrogen-bond donors (Lipinski definition) is 4. The molecule has 3 aliphatic carbocycles. The first-order chi connectivity index (χ1) is 28.3. The Morgan fingerprint density at radius 3 is 2.20 bits per heavy atom. The Labute approximate surface area is 358 Å². The number of hydrogen-bond acceptors (Lipinski definition) is 14. The largest absolute Gasteiger partial charge is 0.457 e. The number of amides is 1. The Morgan fingerprint density at radius 1 is 1.00 bits per heavy atom. The molecule has 0 aromatic heterocycles. The third-order valence-electron chi connectivity index (χ3n) is 13.3. The Kier molecular flexibility index (Phi) is 12.8. The van der Waals surface area contributed by atoms with Gasteiger partial charge in [0, 0.05) is 25.2 Å². The number of alkyl carbamates (subject to hydrolysis) is 1. The molecule has 6 rings (SSSR count). The average molecular weight is 856 g/mol. The number of rotatable bonds is 11. The van der Waals surface area contributed by atoms with Crippen LogP contribution in [0.3, 0.4) is 0 Å². The van der Waals surface area contributed by atoms with E-state index in [1.807, 2.05) is 34.6 Å². The lowest BCUT2D eigenvalue weighted by Crippen LogP contribution is -2.80. The van der Waals surface area contributed by atoms with Gasteiger partial charge in [-0.25, -0.2) is 14.4 Å². The molecule has 2 saturated carbocycles. The van der Waals surface area contributed by atoms with E-state index in [1.54, 1.807) is 64.1 Å². The van der Waals surface area contributed by atoms with E-state index < -0.39 is 113 Å². The molecule has 2 heterocycles. The summed E-state index contributed by atoms with van der Waals surface area (Å²) in [6.45, 7) is 20.4. The highest BCUT2D eigenvalue weighted by Crippen LogP contribution is 2.69. The fraction of sp³-hybridized carbons (Fsp3) is 0.696. The van der Waals surface area contributed by atoms with Gasteiger partial charge in [-0.3, -0.25) is 4.79 Å². The quantitative estimate of drug-likeness (QED) is 0.130. The molecule has 0 unspecified atom stereocenters. The molecule has 338 valence electrons. The highest BCUT2D eigenvalue weighted by atomic mass is 16.7. The van der Waals surface area contributed by atoms with Crippen LogP contribution in [-0.2, 0) is 42.7 Å². The second kappa shape index (κ2) is 16.7. The van der Waals surface area contributed by atoms with Gasteiger partial charge < -0.3 is 53.8 Å². The molecule has 61 heavy (non-hydrogen) atoms. The molecule has 0 radical (unpaired) electrons. The summed E-state index contributed by atoms with van der Waals surface area (Å²) in [4.78, 5) is 54.7. The Hall–Kier alpha value is -3.86. The maximum Gasteiger partial charge on any atom is 0.407 e.